The Balaban J connectivity index is 1.99. The highest BCUT2D eigenvalue weighted by Crippen LogP contribution is 2.06. The average molecular weight is 299 g/mol. The topological polar surface area (TPSA) is 65.2 Å². The highest BCUT2D eigenvalue weighted by atomic mass is 16.2. The second-order valence-electron chi connectivity index (χ2n) is 5.43. The van der Waals surface area contributed by atoms with Gasteiger partial charge in [0.25, 0.3) is 11.5 Å². The summed E-state index contributed by atoms with van der Waals surface area (Å²) in [7, 11) is 3.96. The molecular weight excluding hydrogens is 278 g/mol. The Kier molecular flexibility index (Phi) is 5.49. The van der Waals surface area contributed by atoms with Crippen LogP contribution in [0.3, 0.4) is 0 Å². The van der Waals surface area contributed by atoms with E-state index in [0.717, 1.165) is 6.42 Å². The van der Waals surface area contributed by atoms with Gasteiger partial charge in [0.2, 0.25) is 0 Å². The largest absolute Gasteiger partial charge is 0.350 e. The Labute approximate surface area is 130 Å². The zero-order chi connectivity index (χ0) is 15.9. The molecule has 1 heterocycles. The van der Waals surface area contributed by atoms with E-state index in [-0.39, 0.29) is 23.1 Å². The van der Waals surface area contributed by atoms with E-state index in [1.54, 1.807) is 6.07 Å². The van der Waals surface area contributed by atoms with E-state index in [0.29, 0.717) is 6.54 Å². The molecule has 0 spiro atoms. The number of nitrogens with zero attached hydrogens (tertiary/aromatic N) is 1. The van der Waals surface area contributed by atoms with E-state index in [1.807, 2.05) is 32.3 Å². The summed E-state index contributed by atoms with van der Waals surface area (Å²) in [6, 6.07) is 13.5. The molecule has 116 valence electrons. The van der Waals surface area contributed by atoms with Crippen LogP contribution in [0, 0.1) is 0 Å². The highest BCUT2D eigenvalue weighted by molar-refractivity contribution is 5.93. The number of aromatic amines is 1. The van der Waals surface area contributed by atoms with Crippen molar-refractivity contribution in [2.75, 3.05) is 20.6 Å². The summed E-state index contributed by atoms with van der Waals surface area (Å²) in [4.78, 5) is 28.3. The molecule has 0 radical (unpaired) electrons. The van der Waals surface area contributed by atoms with Gasteiger partial charge >= 0.3 is 0 Å². The molecule has 0 fully saturated rings. The number of H-pyrrole nitrogens is 1. The van der Waals surface area contributed by atoms with Gasteiger partial charge in [0, 0.05) is 18.8 Å². The molecule has 1 amide bonds. The van der Waals surface area contributed by atoms with E-state index in [1.165, 1.54) is 17.8 Å². The molecule has 0 aliphatic heterocycles. The Morgan fingerprint density at radius 3 is 2.55 bits per heavy atom. The van der Waals surface area contributed by atoms with Crippen LogP contribution in [0.2, 0.25) is 0 Å². The molecule has 1 aromatic heterocycles. The molecule has 2 N–H and O–H groups in total. The lowest BCUT2D eigenvalue weighted by Crippen LogP contribution is -2.42. The fourth-order valence-corrected chi connectivity index (χ4v) is 2.23. The summed E-state index contributed by atoms with van der Waals surface area (Å²) >= 11 is 0. The Morgan fingerprint density at radius 1 is 1.18 bits per heavy atom. The van der Waals surface area contributed by atoms with Crippen LogP contribution in [0.4, 0.5) is 0 Å². The number of pyridine rings is 1. The lowest BCUT2D eigenvalue weighted by molar-refractivity contribution is 0.0940. The first-order chi connectivity index (χ1) is 10.6. The number of likely N-dealkylation sites (N-methyl/N-ethyl adjacent to an activating group) is 1. The van der Waals surface area contributed by atoms with E-state index < -0.39 is 0 Å². The first-order valence-corrected chi connectivity index (χ1v) is 7.24. The molecule has 1 aromatic carbocycles. The number of hydrogen-bond acceptors (Lipinski definition) is 3. The SMILES string of the molecule is CN(C)C(CNC(=O)c1ccc[nH]c1=O)Cc1ccccc1. The van der Waals surface area contributed by atoms with Gasteiger partial charge in [0.15, 0.2) is 0 Å². The van der Waals surface area contributed by atoms with Crippen molar-refractivity contribution < 1.29 is 4.79 Å². The number of aromatic nitrogens is 1. The van der Waals surface area contributed by atoms with Gasteiger partial charge in [0.1, 0.15) is 5.56 Å². The molecule has 22 heavy (non-hydrogen) atoms. The van der Waals surface area contributed by atoms with Gasteiger partial charge < -0.3 is 15.2 Å². The zero-order valence-corrected chi connectivity index (χ0v) is 12.9. The van der Waals surface area contributed by atoms with Crippen molar-refractivity contribution >= 4 is 5.91 Å². The number of carbonyl (C=O) groups excluding carboxylic acids is 1. The zero-order valence-electron chi connectivity index (χ0n) is 12.9. The number of amides is 1. The minimum absolute atomic E-state index is 0.139. The van der Waals surface area contributed by atoms with E-state index in [4.69, 9.17) is 0 Å². The van der Waals surface area contributed by atoms with Crippen LogP contribution in [0.15, 0.2) is 53.5 Å². The fourth-order valence-electron chi connectivity index (χ4n) is 2.23. The van der Waals surface area contributed by atoms with Crippen LogP contribution in [-0.4, -0.2) is 42.5 Å². The quantitative estimate of drug-likeness (QED) is 0.844. The van der Waals surface area contributed by atoms with Crippen LogP contribution in [0.1, 0.15) is 15.9 Å². The third-order valence-corrected chi connectivity index (χ3v) is 3.61. The summed E-state index contributed by atoms with van der Waals surface area (Å²) in [6.45, 7) is 0.481. The molecule has 5 nitrogen and oxygen atoms in total. The minimum Gasteiger partial charge on any atom is -0.350 e. The number of hydrogen-bond donors (Lipinski definition) is 2. The molecule has 1 unspecified atom stereocenters. The van der Waals surface area contributed by atoms with Gasteiger partial charge in [-0.05, 0) is 38.2 Å². The van der Waals surface area contributed by atoms with E-state index >= 15 is 0 Å². The summed E-state index contributed by atoms with van der Waals surface area (Å²) in [6.07, 6.45) is 2.34. The van der Waals surface area contributed by atoms with Crippen LogP contribution < -0.4 is 10.9 Å². The third-order valence-electron chi connectivity index (χ3n) is 3.61. The second-order valence-corrected chi connectivity index (χ2v) is 5.43. The van der Waals surface area contributed by atoms with Crippen molar-refractivity contribution in [1.82, 2.24) is 15.2 Å². The van der Waals surface area contributed by atoms with Crippen LogP contribution >= 0.6 is 0 Å². The molecule has 0 saturated heterocycles. The van der Waals surface area contributed by atoms with Crippen molar-refractivity contribution in [2.24, 2.45) is 0 Å². The average Bonchev–Trinajstić information content (AvgIpc) is 2.52. The smallest absolute Gasteiger partial charge is 0.260 e. The lowest BCUT2D eigenvalue weighted by atomic mass is 10.1. The lowest BCUT2D eigenvalue weighted by Gasteiger charge is -2.24. The first-order valence-electron chi connectivity index (χ1n) is 7.24. The van der Waals surface area contributed by atoms with E-state index in [2.05, 4.69) is 27.3 Å². The Hall–Kier alpha value is -2.40. The molecule has 2 aromatic rings. The predicted molar refractivity (Wildman–Crippen MR) is 87.0 cm³/mol. The number of rotatable bonds is 6. The maximum atomic E-state index is 12.1. The minimum atomic E-state index is -0.371. The van der Waals surface area contributed by atoms with Gasteiger partial charge in [-0.2, -0.15) is 0 Å². The maximum absolute atomic E-state index is 12.1. The van der Waals surface area contributed by atoms with Gasteiger partial charge in [-0.15, -0.1) is 0 Å². The third kappa shape index (κ3) is 4.30. The normalized spacial score (nSPS) is 12.1. The molecule has 0 saturated carbocycles. The highest BCUT2D eigenvalue weighted by Gasteiger charge is 2.15. The van der Waals surface area contributed by atoms with Crippen LogP contribution in [0.25, 0.3) is 0 Å². The fraction of sp³-hybridized carbons (Fsp3) is 0.294. The number of benzene rings is 1. The van der Waals surface area contributed by atoms with Gasteiger partial charge in [0.05, 0.1) is 0 Å². The van der Waals surface area contributed by atoms with Gasteiger partial charge in [-0.25, -0.2) is 0 Å². The van der Waals surface area contributed by atoms with Crippen molar-refractivity contribution in [3.05, 3.63) is 70.1 Å². The summed E-state index contributed by atoms with van der Waals surface area (Å²) < 4.78 is 0. The monoisotopic (exact) mass is 299 g/mol. The van der Waals surface area contributed by atoms with Crippen molar-refractivity contribution in [3.63, 3.8) is 0 Å². The van der Waals surface area contributed by atoms with Crippen molar-refractivity contribution in [2.45, 2.75) is 12.5 Å². The molecule has 1 atom stereocenters. The molecule has 0 bridgehead atoms. The number of carbonyl (C=O) groups is 1. The van der Waals surface area contributed by atoms with Crippen LogP contribution in [-0.2, 0) is 6.42 Å². The van der Waals surface area contributed by atoms with Gasteiger partial charge in [-0.3, -0.25) is 9.59 Å². The predicted octanol–water partition coefficient (Wildman–Crippen LogP) is 1.28. The van der Waals surface area contributed by atoms with E-state index in [9.17, 15) is 9.59 Å². The Bertz CT molecular complexity index is 665. The maximum Gasteiger partial charge on any atom is 0.260 e. The first kappa shape index (κ1) is 16.0. The number of nitrogens with one attached hydrogen (secondary N) is 2. The molecule has 0 aliphatic carbocycles. The summed E-state index contributed by atoms with van der Waals surface area (Å²) in [5.74, 6) is -0.346. The van der Waals surface area contributed by atoms with Crippen LogP contribution in [0.5, 0.6) is 0 Å². The molecule has 0 aliphatic rings. The summed E-state index contributed by atoms with van der Waals surface area (Å²) in [5, 5.41) is 2.84. The van der Waals surface area contributed by atoms with Gasteiger partial charge in [-0.1, -0.05) is 30.3 Å². The van der Waals surface area contributed by atoms with Crippen molar-refractivity contribution in [3.8, 4) is 0 Å². The molecular formula is C17H21N3O2. The molecule has 2 rings (SSSR count). The van der Waals surface area contributed by atoms with Crippen molar-refractivity contribution in [1.29, 1.82) is 0 Å². The second kappa shape index (κ2) is 7.56. The summed E-state index contributed by atoms with van der Waals surface area (Å²) in [5.41, 5.74) is 0.984. The standard InChI is InChI=1S/C17H21N3O2/c1-20(2)14(11-13-7-4-3-5-8-13)12-19-17(22)15-9-6-10-18-16(15)21/h3-10,14H,11-12H2,1-2H3,(H,18,21)(H,19,22). The molecule has 5 heteroatoms. The Morgan fingerprint density at radius 2 is 1.91 bits per heavy atom.